The molecule has 9 nitrogen and oxygen atoms in total. The van der Waals surface area contributed by atoms with Crippen molar-refractivity contribution < 1.29 is 14.3 Å². The first-order chi connectivity index (χ1) is 17.0. The fourth-order valence-electron chi connectivity index (χ4n) is 4.69. The molecule has 0 bridgehead atoms. The number of likely N-dealkylation sites (tertiary alicyclic amines) is 1. The SMILES string of the molecule is COc1ccc(CC2CCCN(C(=O)c3cc(-c4ccn5nc(N)nc5c4)cnc3OC)C2)cc1. The van der Waals surface area contributed by atoms with Gasteiger partial charge in [0.2, 0.25) is 11.8 Å². The van der Waals surface area contributed by atoms with Crippen LogP contribution >= 0.6 is 0 Å². The second-order valence-electron chi connectivity index (χ2n) is 8.78. The first-order valence-corrected chi connectivity index (χ1v) is 11.6. The van der Waals surface area contributed by atoms with Crippen molar-refractivity contribution in [2.24, 2.45) is 5.92 Å². The number of nitrogens with zero attached hydrogens (tertiary/aromatic N) is 5. The van der Waals surface area contributed by atoms with Crippen molar-refractivity contribution in [2.75, 3.05) is 33.0 Å². The van der Waals surface area contributed by atoms with Gasteiger partial charge in [0.05, 0.1) is 14.2 Å². The summed E-state index contributed by atoms with van der Waals surface area (Å²) < 4.78 is 12.3. The topological polar surface area (TPSA) is 108 Å². The van der Waals surface area contributed by atoms with Crippen LogP contribution in [-0.2, 0) is 6.42 Å². The number of hydrogen-bond acceptors (Lipinski definition) is 7. The molecule has 1 fully saturated rings. The molecule has 1 saturated heterocycles. The molecular formula is C26H28N6O3. The van der Waals surface area contributed by atoms with Crippen molar-refractivity contribution >= 4 is 17.5 Å². The van der Waals surface area contributed by atoms with Crippen molar-refractivity contribution in [3.8, 4) is 22.8 Å². The Bertz CT molecular complexity index is 1350. The highest BCUT2D eigenvalue weighted by Crippen LogP contribution is 2.29. The summed E-state index contributed by atoms with van der Waals surface area (Å²) in [6, 6.07) is 13.7. The molecule has 0 saturated carbocycles. The minimum absolute atomic E-state index is 0.0663. The van der Waals surface area contributed by atoms with Gasteiger partial charge < -0.3 is 20.1 Å². The third-order valence-electron chi connectivity index (χ3n) is 6.45. The smallest absolute Gasteiger partial charge is 0.259 e. The standard InChI is InChI=1S/C26H28N6O3/c1-34-21-7-5-17(6-8-21)12-18-4-3-10-31(16-18)25(33)22-13-20(15-28-24(22)35-2)19-9-11-32-23(14-19)29-26(27)30-32/h5-9,11,13-15,18H,3-4,10,12,16H2,1-2H3,(H2,27,30). The first-order valence-electron chi connectivity index (χ1n) is 11.6. The number of carbonyl (C=O) groups is 1. The largest absolute Gasteiger partial charge is 0.497 e. The molecule has 4 aromatic rings. The zero-order valence-electron chi connectivity index (χ0n) is 19.8. The number of pyridine rings is 2. The maximum Gasteiger partial charge on any atom is 0.259 e. The van der Waals surface area contributed by atoms with Crippen LogP contribution in [0.5, 0.6) is 11.6 Å². The predicted molar refractivity (Wildman–Crippen MR) is 133 cm³/mol. The Labute approximate surface area is 203 Å². The zero-order chi connectivity index (χ0) is 24.4. The lowest BCUT2D eigenvalue weighted by Gasteiger charge is -2.33. The Balaban J connectivity index is 1.37. The van der Waals surface area contributed by atoms with E-state index < -0.39 is 0 Å². The molecule has 1 unspecified atom stereocenters. The lowest BCUT2D eigenvalue weighted by atomic mass is 9.91. The van der Waals surface area contributed by atoms with Gasteiger partial charge in [-0.2, -0.15) is 4.98 Å². The molecule has 5 rings (SSSR count). The molecule has 3 aromatic heterocycles. The van der Waals surface area contributed by atoms with Crippen LogP contribution in [0.2, 0.25) is 0 Å². The fraction of sp³-hybridized carbons (Fsp3) is 0.308. The van der Waals surface area contributed by atoms with Crippen molar-refractivity contribution in [3.05, 3.63) is 66.0 Å². The summed E-state index contributed by atoms with van der Waals surface area (Å²) in [4.78, 5) is 24.2. The van der Waals surface area contributed by atoms with Crippen LogP contribution in [0.4, 0.5) is 5.95 Å². The summed E-state index contributed by atoms with van der Waals surface area (Å²) in [6.45, 7) is 1.42. The van der Waals surface area contributed by atoms with E-state index in [2.05, 4.69) is 27.2 Å². The van der Waals surface area contributed by atoms with Crippen LogP contribution in [-0.4, -0.2) is 57.7 Å². The van der Waals surface area contributed by atoms with Crippen LogP contribution in [0.3, 0.4) is 0 Å². The van der Waals surface area contributed by atoms with Crippen molar-refractivity contribution in [3.63, 3.8) is 0 Å². The maximum atomic E-state index is 13.6. The molecule has 9 heteroatoms. The highest BCUT2D eigenvalue weighted by atomic mass is 16.5. The number of benzene rings is 1. The molecule has 1 amide bonds. The minimum Gasteiger partial charge on any atom is -0.497 e. The van der Waals surface area contributed by atoms with Gasteiger partial charge in [-0.25, -0.2) is 9.50 Å². The molecule has 4 heterocycles. The molecule has 1 aliphatic rings. The van der Waals surface area contributed by atoms with Gasteiger partial charge in [0.15, 0.2) is 5.65 Å². The van der Waals surface area contributed by atoms with Crippen molar-refractivity contribution in [2.45, 2.75) is 19.3 Å². The average Bonchev–Trinajstić information content (AvgIpc) is 3.27. The van der Waals surface area contributed by atoms with Crippen LogP contribution in [0.25, 0.3) is 16.8 Å². The number of amides is 1. The number of anilines is 1. The molecular weight excluding hydrogens is 444 g/mol. The average molecular weight is 473 g/mol. The van der Waals surface area contributed by atoms with Crippen molar-refractivity contribution in [1.82, 2.24) is 24.5 Å². The number of rotatable bonds is 6. The first kappa shape index (κ1) is 22.6. The van der Waals surface area contributed by atoms with E-state index in [-0.39, 0.29) is 11.9 Å². The third-order valence-corrected chi connectivity index (χ3v) is 6.45. The molecule has 0 aliphatic carbocycles. The van der Waals surface area contributed by atoms with E-state index in [1.54, 1.807) is 24.0 Å². The van der Waals surface area contributed by atoms with E-state index in [1.165, 1.54) is 12.7 Å². The molecule has 0 spiro atoms. The summed E-state index contributed by atoms with van der Waals surface area (Å²) in [5.74, 6) is 1.71. The van der Waals surface area contributed by atoms with E-state index >= 15 is 0 Å². The van der Waals surface area contributed by atoms with Gasteiger partial charge in [-0.1, -0.05) is 12.1 Å². The Hall–Kier alpha value is -4.14. The van der Waals surface area contributed by atoms with E-state index in [4.69, 9.17) is 15.2 Å². The van der Waals surface area contributed by atoms with E-state index in [1.807, 2.05) is 35.2 Å². The summed E-state index contributed by atoms with van der Waals surface area (Å²) in [5.41, 5.74) is 9.70. The van der Waals surface area contributed by atoms with E-state index in [9.17, 15) is 4.79 Å². The highest BCUT2D eigenvalue weighted by molar-refractivity contribution is 5.97. The molecule has 1 atom stereocenters. The minimum atomic E-state index is -0.0663. The second-order valence-corrected chi connectivity index (χ2v) is 8.78. The number of piperidine rings is 1. The van der Waals surface area contributed by atoms with Crippen LogP contribution < -0.4 is 15.2 Å². The number of aromatic nitrogens is 4. The molecule has 2 N–H and O–H groups in total. The van der Waals surface area contributed by atoms with Gasteiger partial charge in [-0.3, -0.25) is 4.79 Å². The zero-order valence-corrected chi connectivity index (χ0v) is 19.8. The molecule has 1 aliphatic heterocycles. The van der Waals surface area contributed by atoms with Crippen molar-refractivity contribution in [1.29, 1.82) is 0 Å². The lowest BCUT2D eigenvalue weighted by Crippen LogP contribution is -2.40. The number of methoxy groups -OCH3 is 2. The highest BCUT2D eigenvalue weighted by Gasteiger charge is 2.27. The molecule has 180 valence electrons. The van der Waals surface area contributed by atoms with Gasteiger partial charge >= 0.3 is 0 Å². The number of fused-ring (bicyclic) bond motifs is 1. The normalized spacial score (nSPS) is 15.8. The third kappa shape index (κ3) is 4.75. The van der Waals surface area contributed by atoms with Gasteiger partial charge in [0.25, 0.3) is 5.91 Å². The number of nitrogen functional groups attached to an aromatic ring is 1. The summed E-state index contributed by atoms with van der Waals surface area (Å²) in [7, 11) is 3.20. The number of ether oxygens (including phenoxy) is 2. The van der Waals surface area contributed by atoms with Crippen LogP contribution in [0.1, 0.15) is 28.8 Å². The number of hydrogen-bond donors (Lipinski definition) is 1. The second kappa shape index (κ2) is 9.61. The quantitative estimate of drug-likeness (QED) is 0.458. The Kier molecular flexibility index (Phi) is 6.22. The molecule has 35 heavy (non-hydrogen) atoms. The van der Waals surface area contributed by atoms with Gasteiger partial charge in [-0.05, 0) is 66.6 Å². The lowest BCUT2D eigenvalue weighted by molar-refractivity contribution is 0.0669. The van der Waals surface area contributed by atoms with Gasteiger partial charge in [0, 0.05) is 31.0 Å². The predicted octanol–water partition coefficient (Wildman–Crippen LogP) is 3.49. The van der Waals surface area contributed by atoms with Gasteiger partial charge in [-0.15, -0.1) is 5.10 Å². The van der Waals surface area contributed by atoms with E-state index in [0.29, 0.717) is 29.6 Å². The van der Waals surface area contributed by atoms with Gasteiger partial charge in [0.1, 0.15) is 11.3 Å². The number of nitrogens with two attached hydrogens (primary N) is 1. The Morgan fingerprint density at radius 1 is 1.11 bits per heavy atom. The van der Waals surface area contributed by atoms with Crippen LogP contribution in [0.15, 0.2) is 54.9 Å². The monoisotopic (exact) mass is 472 g/mol. The van der Waals surface area contributed by atoms with Crippen LogP contribution in [0, 0.1) is 5.92 Å². The summed E-state index contributed by atoms with van der Waals surface area (Å²) >= 11 is 0. The number of carbonyl (C=O) groups excluding carboxylic acids is 1. The summed E-state index contributed by atoms with van der Waals surface area (Å²) in [5, 5.41) is 4.11. The molecule has 0 radical (unpaired) electrons. The fourth-order valence-corrected chi connectivity index (χ4v) is 4.69. The Morgan fingerprint density at radius 2 is 1.94 bits per heavy atom. The maximum absolute atomic E-state index is 13.6. The molecule has 1 aromatic carbocycles. The summed E-state index contributed by atoms with van der Waals surface area (Å²) in [6.07, 6.45) is 6.46. The Morgan fingerprint density at radius 3 is 2.71 bits per heavy atom. The van der Waals surface area contributed by atoms with E-state index in [0.717, 1.165) is 42.7 Å².